The quantitative estimate of drug-likeness (QED) is 0.238. The summed E-state index contributed by atoms with van der Waals surface area (Å²) in [6.45, 7) is 0.947. The van der Waals surface area contributed by atoms with E-state index < -0.39 is 0 Å². The molecule has 27 heavy (non-hydrogen) atoms. The maximum absolute atomic E-state index is 12.1. The molecule has 0 spiro atoms. The first-order valence-corrected chi connectivity index (χ1v) is 10.8. The van der Waals surface area contributed by atoms with Crippen molar-refractivity contribution in [2.24, 2.45) is 0 Å². The first kappa shape index (κ1) is 19.7. The Kier molecular flexibility index (Phi) is 7.52. The summed E-state index contributed by atoms with van der Waals surface area (Å²) in [5, 5.41) is 8.54. The summed E-state index contributed by atoms with van der Waals surface area (Å²) in [7, 11) is 0. The molecule has 0 saturated carbocycles. The maximum atomic E-state index is 12.1. The van der Waals surface area contributed by atoms with Crippen molar-refractivity contribution in [1.82, 2.24) is 5.32 Å². The van der Waals surface area contributed by atoms with Gasteiger partial charge in [0.15, 0.2) is 0 Å². The van der Waals surface area contributed by atoms with Crippen LogP contribution in [0.15, 0.2) is 54.6 Å². The number of unbranched alkanes of at least 4 members (excludes halogenated alkanes) is 4. The Bertz CT molecular complexity index is 840. The summed E-state index contributed by atoms with van der Waals surface area (Å²) in [5.74, 6) is 0. The Balaban J connectivity index is 1.58. The predicted molar refractivity (Wildman–Crippen MR) is 117 cm³/mol. The number of carbonyl (C=O) groups excluding carboxylic acids is 1. The van der Waals surface area contributed by atoms with E-state index in [0.717, 1.165) is 34.5 Å². The molecule has 142 valence electrons. The number of ether oxygens (including phenoxy) is 1. The number of alkyl halides is 1. The van der Waals surface area contributed by atoms with Crippen LogP contribution in [0, 0.1) is 0 Å². The van der Waals surface area contributed by atoms with Gasteiger partial charge < -0.3 is 10.1 Å². The third-order valence-electron chi connectivity index (χ3n) is 4.81. The minimum atomic E-state index is -0.340. The molecule has 3 aromatic rings. The van der Waals surface area contributed by atoms with E-state index in [0.29, 0.717) is 6.54 Å². The number of halogens is 1. The van der Waals surface area contributed by atoms with Gasteiger partial charge in [-0.1, -0.05) is 83.7 Å². The first-order valence-electron chi connectivity index (χ1n) is 9.65. The zero-order chi connectivity index (χ0) is 18.9. The van der Waals surface area contributed by atoms with Gasteiger partial charge in [0.2, 0.25) is 0 Å². The number of nitrogens with one attached hydrogen (secondary N) is 1. The SMILES string of the molecule is O=C(NCCCCCCCBr)OCc1c2ccccc2cc2ccccc12. The maximum Gasteiger partial charge on any atom is 0.407 e. The molecule has 1 N–H and O–H groups in total. The summed E-state index contributed by atoms with van der Waals surface area (Å²) in [6, 6.07) is 18.7. The molecule has 0 fully saturated rings. The van der Waals surface area contributed by atoms with Crippen LogP contribution in [0.2, 0.25) is 0 Å². The van der Waals surface area contributed by atoms with Crippen LogP contribution in [0.5, 0.6) is 0 Å². The van der Waals surface area contributed by atoms with Crippen molar-refractivity contribution < 1.29 is 9.53 Å². The van der Waals surface area contributed by atoms with E-state index in [9.17, 15) is 4.79 Å². The Morgan fingerprint density at radius 3 is 2.11 bits per heavy atom. The number of benzene rings is 3. The van der Waals surface area contributed by atoms with Crippen molar-refractivity contribution in [2.75, 3.05) is 11.9 Å². The van der Waals surface area contributed by atoms with Gasteiger partial charge in [0, 0.05) is 17.4 Å². The van der Waals surface area contributed by atoms with Crippen molar-refractivity contribution in [3.05, 3.63) is 60.2 Å². The molecule has 0 aliphatic heterocycles. The lowest BCUT2D eigenvalue weighted by Gasteiger charge is -2.12. The molecule has 0 aliphatic rings. The number of alkyl carbamates (subject to hydrolysis) is 1. The molecule has 0 heterocycles. The lowest BCUT2D eigenvalue weighted by Crippen LogP contribution is -2.25. The van der Waals surface area contributed by atoms with E-state index in [1.807, 2.05) is 24.3 Å². The monoisotopic (exact) mass is 427 g/mol. The van der Waals surface area contributed by atoms with Crippen LogP contribution in [0.3, 0.4) is 0 Å². The topological polar surface area (TPSA) is 38.3 Å². The second-order valence-electron chi connectivity index (χ2n) is 6.76. The number of fused-ring (bicyclic) bond motifs is 2. The van der Waals surface area contributed by atoms with Gasteiger partial charge >= 0.3 is 6.09 Å². The van der Waals surface area contributed by atoms with Crippen LogP contribution in [0.1, 0.15) is 37.7 Å². The van der Waals surface area contributed by atoms with Gasteiger partial charge in [0.05, 0.1) is 0 Å². The number of rotatable bonds is 9. The van der Waals surface area contributed by atoms with Crippen LogP contribution in [-0.4, -0.2) is 18.0 Å². The summed E-state index contributed by atoms with van der Waals surface area (Å²) in [4.78, 5) is 12.1. The fourth-order valence-corrected chi connectivity index (χ4v) is 3.79. The van der Waals surface area contributed by atoms with Crippen molar-refractivity contribution in [1.29, 1.82) is 0 Å². The van der Waals surface area contributed by atoms with E-state index in [1.54, 1.807) is 0 Å². The average molecular weight is 428 g/mol. The highest BCUT2D eigenvalue weighted by atomic mass is 79.9. The lowest BCUT2D eigenvalue weighted by molar-refractivity contribution is 0.140. The highest BCUT2D eigenvalue weighted by molar-refractivity contribution is 9.09. The molecule has 0 radical (unpaired) electrons. The molecule has 0 aromatic heterocycles. The molecule has 4 heteroatoms. The predicted octanol–water partition coefficient (Wildman–Crippen LogP) is 6.56. The van der Waals surface area contributed by atoms with Crippen LogP contribution < -0.4 is 5.32 Å². The van der Waals surface area contributed by atoms with Crippen molar-refractivity contribution >= 4 is 43.6 Å². The van der Waals surface area contributed by atoms with E-state index in [-0.39, 0.29) is 12.7 Å². The first-order chi connectivity index (χ1) is 13.3. The Hall–Kier alpha value is -2.07. The molecule has 1 amide bonds. The molecule has 3 aromatic carbocycles. The van der Waals surface area contributed by atoms with Gasteiger partial charge in [-0.25, -0.2) is 4.79 Å². The minimum absolute atomic E-state index is 0.277. The van der Waals surface area contributed by atoms with Gasteiger partial charge in [-0.15, -0.1) is 0 Å². The molecule has 0 saturated heterocycles. The van der Waals surface area contributed by atoms with E-state index in [2.05, 4.69) is 51.6 Å². The summed E-state index contributed by atoms with van der Waals surface area (Å²) in [5.41, 5.74) is 1.06. The Labute approximate surface area is 169 Å². The molecule has 0 unspecified atom stereocenters. The van der Waals surface area contributed by atoms with Crippen LogP contribution in [-0.2, 0) is 11.3 Å². The number of amides is 1. The van der Waals surface area contributed by atoms with E-state index >= 15 is 0 Å². The summed E-state index contributed by atoms with van der Waals surface area (Å²) >= 11 is 3.44. The van der Waals surface area contributed by atoms with Gasteiger partial charge in [0.25, 0.3) is 0 Å². The third kappa shape index (κ3) is 5.46. The zero-order valence-electron chi connectivity index (χ0n) is 15.5. The Morgan fingerprint density at radius 2 is 1.44 bits per heavy atom. The molecular formula is C23H26BrNO2. The van der Waals surface area contributed by atoms with Crippen LogP contribution in [0.4, 0.5) is 4.79 Å². The minimum Gasteiger partial charge on any atom is -0.445 e. The largest absolute Gasteiger partial charge is 0.445 e. The average Bonchev–Trinajstić information content (AvgIpc) is 2.70. The van der Waals surface area contributed by atoms with E-state index in [4.69, 9.17) is 4.74 Å². The van der Waals surface area contributed by atoms with Crippen molar-refractivity contribution in [3.63, 3.8) is 0 Å². The number of hydrogen-bond acceptors (Lipinski definition) is 2. The molecule has 3 nitrogen and oxygen atoms in total. The zero-order valence-corrected chi connectivity index (χ0v) is 17.1. The highest BCUT2D eigenvalue weighted by Gasteiger charge is 2.10. The molecule has 3 rings (SSSR count). The Morgan fingerprint density at radius 1 is 0.852 bits per heavy atom. The fraction of sp³-hybridized carbons (Fsp3) is 0.348. The van der Waals surface area contributed by atoms with E-state index in [1.165, 1.54) is 30.0 Å². The molecule has 0 atom stereocenters. The smallest absolute Gasteiger partial charge is 0.407 e. The lowest BCUT2D eigenvalue weighted by atomic mass is 9.97. The highest BCUT2D eigenvalue weighted by Crippen LogP contribution is 2.29. The van der Waals surface area contributed by atoms with Crippen LogP contribution in [0.25, 0.3) is 21.5 Å². The number of hydrogen-bond donors (Lipinski definition) is 1. The van der Waals surface area contributed by atoms with Crippen molar-refractivity contribution in [2.45, 2.75) is 38.7 Å². The fourth-order valence-electron chi connectivity index (χ4n) is 3.39. The molecule has 0 bridgehead atoms. The van der Waals surface area contributed by atoms with Crippen molar-refractivity contribution in [3.8, 4) is 0 Å². The third-order valence-corrected chi connectivity index (χ3v) is 5.37. The second kappa shape index (κ2) is 10.3. The molecule has 0 aliphatic carbocycles. The van der Waals surface area contributed by atoms with Gasteiger partial charge in [-0.05, 0) is 40.5 Å². The molecular weight excluding hydrogens is 402 g/mol. The van der Waals surface area contributed by atoms with Crippen LogP contribution >= 0.6 is 15.9 Å². The van der Waals surface area contributed by atoms with Gasteiger partial charge in [-0.3, -0.25) is 0 Å². The summed E-state index contributed by atoms with van der Waals surface area (Å²) < 4.78 is 5.53. The summed E-state index contributed by atoms with van der Waals surface area (Å²) in [6.07, 6.45) is 5.46. The van der Waals surface area contributed by atoms with Gasteiger partial charge in [-0.2, -0.15) is 0 Å². The normalized spacial score (nSPS) is 11.0. The number of carbonyl (C=O) groups is 1. The standard InChI is InChI=1S/C23H26BrNO2/c24-14-8-2-1-3-9-15-25-23(26)27-17-22-20-12-6-4-10-18(20)16-19-11-5-7-13-21(19)22/h4-7,10-13,16H,1-3,8-9,14-15,17H2,(H,25,26). The second-order valence-corrected chi connectivity index (χ2v) is 7.55. The van der Waals surface area contributed by atoms with Gasteiger partial charge in [0.1, 0.15) is 6.61 Å².